The van der Waals surface area contributed by atoms with E-state index in [9.17, 15) is 4.39 Å². The molecule has 0 aliphatic heterocycles. The Morgan fingerprint density at radius 1 is 1.08 bits per heavy atom. The Labute approximate surface area is 149 Å². The monoisotopic (exact) mass is 352 g/mol. The SMILES string of the molecule is Cc1cc(C(Cl)c2ccc(F)cc2)nc(Nc2ccc(C#N)cc2)n1. The quantitative estimate of drug-likeness (QED) is 0.680. The lowest BCUT2D eigenvalue weighted by molar-refractivity contribution is 0.627. The van der Waals surface area contributed by atoms with Gasteiger partial charge in [-0.15, -0.1) is 11.6 Å². The zero-order chi connectivity index (χ0) is 17.8. The molecule has 0 saturated heterocycles. The van der Waals surface area contributed by atoms with Gasteiger partial charge < -0.3 is 5.32 Å². The summed E-state index contributed by atoms with van der Waals surface area (Å²) in [6.45, 7) is 1.85. The third kappa shape index (κ3) is 4.11. The summed E-state index contributed by atoms with van der Waals surface area (Å²) in [7, 11) is 0. The predicted molar refractivity (Wildman–Crippen MR) is 95.3 cm³/mol. The molecule has 25 heavy (non-hydrogen) atoms. The minimum Gasteiger partial charge on any atom is -0.324 e. The standard InChI is InChI=1S/C19H14ClFN4/c1-12-10-17(18(20)14-4-6-15(21)7-5-14)25-19(23-12)24-16-8-2-13(11-22)3-9-16/h2-10,18H,1H3,(H,23,24,25). The topological polar surface area (TPSA) is 61.6 Å². The smallest absolute Gasteiger partial charge is 0.227 e. The molecule has 1 unspecified atom stereocenters. The van der Waals surface area contributed by atoms with Crippen molar-refractivity contribution in [2.24, 2.45) is 0 Å². The molecule has 1 aromatic heterocycles. The van der Waals surface area contributed by atoms with Crippen molar-refractivity contribution in [3.05, 3.63) is 82.9 Å². The minimum absolute atomic E-state index is 0.311. The van der Waals surface area contributed by atoms with Gasteiger partial charge in [0.1, 0.15) is 11.2 Å². The van der Waals surface area contributed by atoms with Crippen LogP contribution in [0.15, 0.2) is 54.6 Å². The Bertz CT molecular complexity index is 918. The van der Waals surface area contributed by atoms with Crippen molar-refractivity contribution in [3.63, 3.8) is 0 Å². The van der Waals surface area contributed by atoms with Crippen LogP contribution in [-0.4, -0.2) is 9.97 Å². The third-order valence-corrected chi connectivity index (χ3v) is 4.04. The van der Waals surface area contributed by atoms with Crippen molar-refractivity contribution in [3.8, 4) is 6.07 Å². The van der Waals surface area contributed by atoms with E-state index in [0.29, 0.717) is 17.2 Å². The van der Waals surface area contributed by atoms with Crippen molar-refractivity contribution in [2.75, 3.05) is 5.32 Å². The maximum absolute atomic E-state index is 13.1. The van der Waals surface area contributed by atoms with Crippen LogP contribution in [0.4, 0.5) is 16.0 Å². The molecule has 0 radical (unpaired) electrons. The first-order valence-electron chi connectivity index (χ1n) is 7.57. The lowest BCUT2D eigenvalue weighted by Crippen LogP contribution is -2.04. The van der Waals surface area contributed by atoms with Gasteiger partial charge in [0.05, 0.1) is 17.3 Å². The Balaban J connectivity index is 1.86. The highest BCUT2D eigenvalue weighted by atomic mass is 35.5. The molecule has 0 bridgehead atoms. The van der Waals surface area contributed by atoms with Gasteiger partial charge in [0.15, 0.2) is 0 Å². The summed E-state index contributed by atoms with van der Waals surface area (Å²) < 4.78 is 13.1. The van der Waals surface area contributed by atoms with E-state index in [-0.39, 0.29) is 5.82 Å². The highest BCUT2D eigenvalue weighted by Crippen LogP contribution is 2.28. The van der Waals surface area contributed by atoms with Crippen LogP contribution in [0.25, 0.3) is 0 Å². The number of aryl methyl sites for hydroxylation is 1. The molecule has 0 aliphatic carbocycles. The number of nitriles is 1. The Hall–Kier alpha value is -2.97. The van der Waals surface area contributed by atoms with Gasteiger partial charge in [-0.1, -0.05) is 12.1 Å². The molecule has 1 N–H and O–H groups in total. The van der Waals surface area contributed by atoms with Gasteiger partial charge in [-0.2, -0.15) is 5.26 Å². The van der Waals surface area contributed by atoms with E-state index in [1.807, 2.05) is 6.92 Å². The average Bonchev–Trinajstić information content (AvgIpc) is 2.62. The fourth-order valence-corrected chi connectivity index (χ4v) is 2.60. The Morgan fingerprint density at radius 3 is 2.40 bits per heavy atom. The van der Waals surface area contributed by atoms with Crippen LogP contribution in [0.3, 0.4) is 0 Å². The summed E-state index contributed by atoms with van der Waals surface area (Å²) in [6.07, 6.45) is 0. The Kier molecular flexibility index (Phi) is 4.92. The van der Waals surface area contributed by atoms with Gasteiger partial charge in [0, 0.05) is 11.4 Å². The number of benzene rings is 2. The molecular weight excluding hydrogens is 339 g/mol. The molecule has 0 saturated carbocycles. The van der Waals surface area contributed by atoms with Crippen LogP contribution in [0.1, 0.15) is 27.9 Å². The number of anilines is 2. The zero-order valence-electron chi connectivity index (χ0n) is 13.4. The molecule has 4 nitrogen and oxygen atoms in total. The predicted octanol–water partition coefficient (Wildman–Crippen LogP) is 4.87. The van der Waals surface area contributed by atoms with E-state index in [2.05, 4.69) is 21.4 Å². The van der Waals surface area contributed by atoms with E-state index in [1.54, 1.807) is 42.5 Å². The van der Waals surface area contributed by atoms with Gasteiger partial charge in [0.25, 0.3) is 0 Å². The first-order chi connectivity index (χ1) is 12.0. The van der Waals surface area contributed by atoms with Crippen molar-refractivity contribution in [1.82, 2.24) is 9.97 Å². The fraction of sp³-hybridized carbons (Fsp3) is 0.105. The highest BCUT2D eigenvalue weighted by Gasteiger charge is 2.14. The first-order valence-corrected chi connectivity index (χ1v) is 8.01. The number of aromatic nitrogens is 2. The van der Waals surface area contributed by atoms with Crippen LogP contribution in [-0.2, 0) is 0 Å². The molecule has 0 fully saturated rings. The number of rotatable bonds is 4. The van der Waals surface area contributed by atoms with Gasteiger partial charge in [-0.3, -0.25) is 0 Å². The summed E-state index contributed by atoms with van der Waals surface area (Å²) in [4.78, 5) is 8.81. The van der Waals surface area contributed by atoms with Crippen molar-refractivity contribution >= 4 is 23.2 Å². The summed E-state index contributed by atoms with van der Waals surface area (Å²) in [5.74, 6) is 0.0992. The molecule has 1 atom stereocenters. The Morgan fingerprint density at radius 2 is 1.76 bits per heavy atom. The van der Waals surface area contributed by atoms with E-state index >= 15 is 0 Å². The second-order valence-electron chi connectivity index (χ2n) is 5.49. The van der Waals surface area contributed by atoms with Crippen LogP contribution >= 0.6 is 11.6 Å². The minimum atomic E-state index is -0.510. The van der Waals surface area contributed by atoms with Gasteiger partial charge in [-0.25, -0.2) is 14.4 Å². The summed E-state index contributed by atoms with van der Waals surface area (Å²) in [6, 6.07) is 16.9. The maximum atomic E-state index is 13.1. The van der Waals surface area contributed by atoms with Crippen molar-refractivity contribution < 1.29 is 4.39 Å². The molecule has 3 aromatic rings. The summed E-state index contributed by atoms with van der Waals surface area (Å²) in [5.41, 5.74) is 3.48. The number of hydrogen-bond donors (Lipinski definition) is 1. The molecular formula is C19H14ClFN4. The molecule has 0 spiro atoms. The van der Waals surface area contributed by atoms with E-state index in [1.165, 1.54) is 12.1 Å². The number of alkyl halides is 1. The number of halogens is 2. The summed E-state index contributed by atoms with van der Waals surface area (Å²) in [5, 5.41) is 11.4. The lowest BCUT2D eigenvalue weighted by atomic mass is 10.1. The van der Waals surface area contributed by atoms with E-state index in [4.69, 9.17) is 16.9 Å². The first kappa shape index (κ1) is 16.9. The van der Waals surface area contributed by atoms with Crippen LogP contribution in [0.5, 0.6) is 0 Å². The largest absolute Gasteiger partial charge is 0.324 e. The molecule has 3 rings (SSSR count). The molecule has 124 valence electrons. The molecule has 0 amide bonds. The highest BCUT2D eigenvalue weighted by molar-refractivity contribution is 6.22. The maximum Gasteiger partial charge on any atom is 0.227 e. The van der Waals surface area contributed by atoms with Crippen LogP contribution in [0.2, 0.25) is 0 Å². The lowest BCUT2D eigenvalue weighted by Gasteiger charge is -2.12. The van der Waals surface area contributed by atoms with Gasteiger partial charge in [-0.05, 0) is 55.0 Å². The average molecular weight is 353 g/mol. The van der Waals surface area contributed by atoms with Crippen molar-refractivity contribution in [2.45, 2.75) is 12.3 Å². The van der Waals surface area contributed by atoms with E-state index < -0.39 is 5.38 Å². The summed E-state index contributed by atoms with van der Waals surface area (Å²) >= 11 is 6.49. The fourth-order valence-electron chi connectivity index (χ4n) is 2.34. The third-order valence-electron chi connectivity index (χ3n) is 3.57. The van der Waals surface area contributed by atoms with E-state index in [0.717, 1.165) is 16.9 Å². The molecule has 2 aromatic carbocycles. The second-order valence-corrected chi connectivity index (χ2v) is 5.92. The van der Waals surface area contributed by atoms with Gasteiger partial charge in [0.2, 0.25) is 5.95 Å². The van der Waals surface area contributed by atoms with Gasteiger partial charge >= 0.3 is 0 Å². The molecule has 1 heterocycles. The zero-order valence-corrected chi connectivity index (χ0v) is 14.1. The molecule has 6 heteroatoms. The second kappa shape index (κ2) is 7.29. The normalized spacial score (nSPS) is 11.6. The number of hydrogen-bond acceptors (Lipinski definition) is 4. The number of nitrogens with one attached hydrogen (secondary N) is 1. The van der Waals surface area contributed by atoms with Crippen LogP contribution < -0.4 is 5.32 Å². The molecule has 0 aliphatic rings. The van der Waals surface area contributed by atoms with Crippen molar-refractivity contribution in [1.29, 1.82) is 5.26 Å². The van der Waals surface area contributed by atoms with Crippen LogP contribution in [0, 0.1) is 24.1 Å². The number of nitrogens with zero attached hydrogens (tertiary/aromatic N) is 3.